The molecule has 0 aliphatic heterocycles. The number of nitrogens with two attached hydrogens (primary N) is 1. The number of carbonyl (C=O) groups excluding carboxylic acids is 2. The van der Waals surface area contributed by atoms with Crippen molar-refractivity contribution < 1.29 is 19.5 Å². The topological polar surface area (TPSA) is 113 Å². The van der Waals surface area contributed by atoms with Crippen molar-refractivity contribution in [1.82, 2.24) is 10.2 Å². The summed E-state index contributed by atoms with van der Waals surface area (Å²) in [6.45, 7) is 1.27. The predicted molar refractivity (Wildman–Crippen MR) is 73.0 cm³/mol. The minimum Gasteiger partial charge on any atom is -0.480 e. The fourth-order valence-electron chi connectivity index (χ4n) is 2.45. The second-order valence-corrected chi connectivity index (χ2v) is 5.48. The Morgan fingerprint density at radius 3 is 2.50 bits per heavy atom. The summed E-state index contributed by atoms with van der Waals surface area (Å²) in [7, 11) is 0. The molecule has 2 unspecified atom stereocenters. The third kappa shape index (κ3) is 5.90. The van der Waals surface area contributed by atoms with Crippen molar-refractivity contribution in [2.24, 2.45) is 11.7 Å². The van der Waals surface area contributed by atoms with Gasteiger partial charge < -0.3 is 21.1 Å². The van der Waals surface area contributed by atoms with E-state index in [0.29, 0.717) is 5.92 Å². The number of nitrogens with zero attached hydrogens (tertiary/aromatic N) is 1. The van der Waals surface area contributed by atoms with Gasteiger partial charge in [0.2, 0.25) is 5.91 Å². The molecule has 3 amide bonds. The molecule has 0 spiro atoms. The maximum atomic E-state index is 12.0. The summed E-state index contributed by atoms with van der Waals surface area (Å²) in [6, 6.07) is -0.498. The summed E-state index contributed by atoms with van der Waals surface area (Å²) < 4.78 is 0. The van der Waals surface area contributed by atoms with E-state index in [9.17, 15) is 14.4 Å². The number of hydrogen-bond donors (Lipinski definition) is 3. The van der Waals surface area contributed by atoms with Crippen LogP contribution in [0.4, 0.5) is 4.79 Å². The Balaban J connectivity index is 2.55. The molecule has 0 heterocycles. The molecule has 7 heteroatoms. The van der Waals surface area contributed by atoms with Gasteiger partial charge in [-0.3, -0.25) is 9.59 Å². The SMILES string of the molecule is CC1CCCC(NC(=O)N(CC(N)=O)CC(=O)O)CC1. The maximum Gasteiger partial charge on any atom is 0.323 e. The molecule has 20 heavy (non-hydrogen) atoms. The highest BCUT2D eigenvalue weighted by atomic mass is 16.4. The molecule has 0 radical (unpaired) electrons. The lowest BCUT2D eigenvalue weighted by Gasteiger charge is -2.23. The van der Waals surface area contributed by atoms with Gasteiger partial charge in [0.25, 0.3) is 0 Å². The number of amides is 3. The van der Waals surface area contributed by atoms with Crippen LogP contribution in [0, 0.1) is 5.92 Å². The van der Waals surface area contributed by atoms with Crippen LogP contribution in [0.1, 0.15) is 39.0 Å². The summed E-state index contributed by atoms with van der Waals surface area (Å²) in [5, 5.41) is 11.6. The molecule has 0 aromatic rings. The molecule has 1 aliphatic carbocycles. The van der Waals surface area contributed by atoms with Crippen molar-refractivity contribution in [3.8, 4) is 0 Å². The number of carboxylic acid groups (broad SMARTS) is 1. The maximum absolute atomic E-state index is 12.0. The van der Waals surface area contributed by atoms with Crippen LogP contribution in [-0.2, 0) is 9.59 Å². The molecule has 1 aliphatic rings. The van der Waals surface area contributed by atoms with Gasteiger partial charge in [0.05, 0.1) is 0 Å². The summed E-state index contributed by atoms with van der Waals surface area (Å²) in [5.41, 5.74) is 5.03. The van der Waals surface area contributed by atoms with Gasteiger partial charge in [0, 0.05) is 6.04 Å². The van der Waals surface area contributed by atoms with E-state index >= 15 is 0 Å². The van der Waals surface area contributed by atoms with Crippen molar-refractivity contribution in [1.29, 1.82) is 0 Å². The number of hydrogen-bond acceptors (Lipinski definition) is 3. The lowest BCUT2D eigenvalue weighted by atomic mass is 10.0. The van der Waals surface area contributed by atoms with E-state index in [1.165, 1.54) is 0 Å². The molecular formula is C13H23N3O4. The zero-order valence-corrected chi connectivity index (χ0v) is 11.8. The zero-order chi connectivity index (χ0) is 15.1. The molecule has 7 nitrogen and oxygen atoms in total. The standard InChI is InChI=1S/C13H23N3O4/c1-9-3-2-4-10(6-5-9)15-13(20)16(7-11(14)17)8-12(18)19/h9-10H,2-8H2,1H3,(H2,14,17)(H,15,20)(H,18,19). The first-order chi connectivity index (χ1) is 9.38. The molecule has 0 aromatic carbocycles. The number of nitrogens with one attached hydrogen (secondary N) is 1. The Bertz CT molecular complexity index is 357. The Hall–Kier alpha value is -1.79. The molecule has 4 N–H and O–H groups in total. The molecule has 1 saturated carbocycles. The Labute approximate surface area is 118 Å². The van der Waals surface area contributed by atoms with Crippen LogP contribution in [0.2, 0.25) is 0 Å². The smallest absolute Gasteiger partial charge is 0.323 e. The second-order valence-electron chi connectivity index (χ2n) is 5.48. The Morgan fingerprint density at radius 1 is 1.20 bits per heavy atom. The fraction of sp³-hybridized carbons (Fsp3) is 0.769. The highest BCUT2D eigenvalue weighted by Gasteiger charge is 2.23. The first-order valence-electron chi connectivity index (χ1n) is 6.94. The van der Waals surface area contributed by atoms with Gasteiger partial charge in [0.1, 0.15) is 13.1 Å². The summed E-state index contributed by atoms with van der Waals surface area (Å²) in [5.74, 6) is -1.25. The van der Waals surface area contributed by atoms with E-state index in [0.717, 1.165) is 37.0 Å². The summed E-state index contributed by atoms with van der Waals surface area (Å²) in [4.78, 5) is 34.6. The third-order valence-electron chi connectivity index (χ3n) is 3.55. The Morgan fingerprint density at radius 2 is 1.90 bits per heavy atom. The van der Waals surface area contributed by atoms with E-state index < -0.39 is 24.5 Å². The van der Waals surface area contributed by atoms with Gasteiger partial charge in [-0.1, -0.05) is 19.8 Å². The lowest BCUT2D eigenvalue weighted by Crippen LogP contribution is -2.49. The minimum atomic E-state index is -1.17. The van der Waals surface area contributed by atoms with E-state index in [1.54, 1.807) is 0 Å². The van der Waals surface area contributed by atoms with E-state index in [2.05, 4.69) is 12.2 Å². The highest BCUT2D eigenvalue weighted by Crippen LogP contribution is 2.22. The second kappa shape index (κ2) is 7.72. The quantitative estimate of drug-likeness (QED) is 0.640. The first kappa shape index (κ1) is 16.3. The van der Waals surface area contributed by atoms with Crippen LogP contribution in [0.15, 0.2) is 0 Å². The van der Waals surface area contributed by atoms with Crippen LogP contribution in [0.25, 0.3) is 0 Å². The van der Waals surface area contributed by atoms with Crippen LogP contribution >= 0.6 is 0 Å². The average molecular weight is 285 g/mol. The van der Waals surface area contributed by atoms with Gasteiger partial charge in [-0.2, -0.15) is 0 Å². The third-order valence-corrected chi connectivity index (χ3v) is 3.55. The van der Waals surface area contributed by atoms with Crippen LogP contribution in [-0.4, -0.2) is 47.0 Å². The number of carboxylic acids is 1. The van der Waals surface area contributed by atoms with Crippen molar-refractivity contribution in [3.63, 3.8) is 0 Å². The van der Waals surface area contributed by atoms with Gasteiger partial charge >= 0.3 is 12.0 Å². The van der Waals surface area contributed by atoms with Crippen LogP contribution < -0.4 is 11.1 Å². The molecule has 114 valence electrons. The molecular weight excluding hydrogens is 262 g/mol. The molecule has 1 rings (SSSR count). The van der Waals surface area contributed by atoms with Gasteiger partial charge in [-0.05, 0) is 25.2 Å². The van der Waals surface area contributed by atoms with Gasteiger partial charge in [-0.15, -0.1) is 0 Å². The summed E-state index contributed by atoms with van der Waals surface area (Å²) >= 11 is 0. The van der Waals surface area contributed by atoms with Crippen molar-refractivity contribution in [2.75, 3.05) is 13.1 Å². The number of aliphatic carboxylic acids is 1. The van der Waals surface area contributed by atoms with E-state index in [1.807, 2.05) is 0 Å². The first-order valence-corrected chi connectivity index (χ1v) is 6.94. The van der Waals surface area contributed by atoms with Crippen molar-refractivity contribution >= 4 is 17.9 Å². The Kier molecular flexibility index (Phi) is 6.27. The normalized spacial score (nSPS) is 22.6. The number of carbonyl (C=O) groups is 3. The molecule has 2 atom stereocenters. The van der Waals surface area contributed by atoms with E-state index in [-0.39, 0.29) is 12.6 Å². The van der Waals surface area contributed by atoms with Gasteiger partial charge in [-0.25, -0.2) is 4.79 Å². The number of primary amides is 1. The lowest BCUT2D eigenvalue weighted by molar-refractivity contribution is -0.137. The van der Waals surface area contributed by atoms with Crippen molar-refractivity contribution in [2.45, 2.75) is 45.1 Å². The van der Waals surface area contributed by atoms with Gasteiger partial charge in [0.15, 0.2) is 0 Å². The number of rotatable bonds is 5. The van der Waals surface area contributed by atoms with Crippen molar-refractivity contribution in [3.05, 3.63) is 0 Å². The molecule has 0 bridgehead atoms. The monoisotopic (exact) mass is 285 g/mol. The highest BCUT2D eigenvalue weighted by molar-refractivity contribution is 5.86. The zero-order valence-electron chi connectivity index (χ0n) is 11.8. The molecule has 0 aromatic heterocycles. The minimum absolute atomic E-state index is 0.0385. The predicted octanol–water partition coefficient (Wildman–Crippen LogP) is 0.537. The number of urea groups is 1. The fourth-order valence-corrected chi connectivity index (χ4v) is 2.45. The molecule has 1 fully saturated rings. The molecule has 0 saturated heterocycles. The largest absolute Gasteiger partial charge is 0.480 e. The average Bonchev–Trinajstić information content (AvgIpc) is 2.52. The van der Waals surface area contributed by atoms with Crippen LogP contribution in [0.5, 0.6) is 0 Å². The summed E-state index contributed by atoms with van der Waals surface area (Å²) in [6.07, 6.45) is 4.99. The van der Waals surface area contributed by atoms with Crippen LogP contribution in [0.3, 0.4) is 0 Å². The van der Waals surface area contributed by atoms with E-state index in [4.69, 9.17) is 10.8 Å².